The zero-order valence-corrected chi connectivity index (χ0v) is 15.5. The fourth-order valence-electron chi connectivity index (χ4n) is 2.16. The highest BCUT2D eigenvalue weighted by molar-refractivity contribution is 7.10. The number of rotatable bonds is 9. The molecule has 7 heteroatoms. The third-order valence-electron chi connectivity index (χ3n) is 3.57. The second-order valence-electron chi connectivity index (χ2n) is 5.56. The van der Waals surface area contributed by atoms with E-state index in [0.29, 0.717) is 17.7 Å². The van der Waals surface area contributed by atoms with Crippen LogP contribution in [0.2, 0.25) is 0 Å². The summed E-state index contributed by atoms with van der Waals surface area (Å²) in [6.07, 6.45) is 0.430. The van der Waals surface area contributed by atoms with Gasteiger partial charge in [0.05, 0.1) is 6.04 Å². The van der Waals surface area contributed by atoms with Crippen LogP contribution in [0.5, 0.6) is 5.75 Å². The summed E-state index contributed by atoms with van der Waals surface area (Å²) in [5.41, 5.74) is 0.596. The highest BCUT2D eigenvalue weighted by Crippen LogP contribution is 2.17. The van der Waals surface area contributed by atoms with E-state index < -0.39 is 5.97 Å². The number of benzene rings is 1. The molecule has 0 saturated heterocycles. The maximum atomic E-state index is 11.8. The number of ketones is 1. The number of hydrogen-bond donors (Lipinski definition) is 1. The zero-order chi connectivity index (χ0) is 18.9. The third kappa shape index (κ3) is 6.00. The number of thiophene rings is 1. The Morgan fingerprint density at radius 3 is 2.46 bits per heavy atom. The lowest BCUT2D eigenvalue weighted by Crippen LogP contribution is -2.31. The molecule has 0 fully saturated rings. The highest BCUT2D eigenvalue weighted by Gasteiger charge is 2.13. The van der Waals surface area contributed by atoms with Crippen LogP contribution in [0.15, 0.2) is 41.8 Å². The van der Waals surface area contributed by atoms with Gasteiger partial charge in [-0.25, -0.2) is 4.79 Å². The van der Waals surface area contributed by atoms with Crippen molar-refractivity contribution in [3.8, 4) is 5.75 Å². The van der Waals surface area contributed by atoms with E-state index in [-0.39, 0.29) is 30.9 Å². The maximum absolute atomic E-state index is 11.8. The normalized spacial score (nSPS) is 11.5. The molecule has 6 nitrogen and oxygen atoms in total. The van der Waals surface area contributed by atoms with E-state index in [2.05, 4.69) is 5.32 Å². The first-order valence-electron chi connectivity index (χ1n) is 8.24. The van der Waals surface area contributed by atoms with E-state index in [4.69, 9.17) is 9.47 Å². The fourth-order valence-corrected chi connectivity index (χ4v) is 2.90. The lowest BCUT2D eigenvalue weighted by Gasteiger charge is -2.12. The van der Waals surface area contributed by atoms with Crippen LogP contribution in [0.3, 0.4) is 0 Å². The van der Waals surface area contributed by atoms with E-state index >= 15 is 0 Å². The number of esters is 1. The summed E-state index contributed by atoms with van der Waals surface area (Å²) in [4.78, 5) is 36.0. The van der Waals surface area contributed by atoms with Gasteiger partial charge in [-0.15, -0.1) is 11.3 Å². The molecule has 1 aromatic heterocycles. The Balaban J connectivity index is 1.70. The van der Waals surface area contributed by atoms with Gasteiger partial charge in [-0.1, -0.05) is 13.0 Å². The van der Waals surface area contributed by atoms with Crippen LogP contribution in [0.1, 0.15) is 41.5 Å². The Hall–Kier alpha value is -2.67. The Labute approximate surface area is 156 Å². The average molecular weight is 375 g/mol. The van der Waals surface area contributed by atoms with Crippen molar-refractivity contribution in [3.05, 3.63) is 52.2 Å². The molecule has 0 aliphatic heterocycles. The Morgan fingerprint density at radius 2 is 1.85 bits per heavy atom. The molecule has 0 spiro atoms. The van der Waals surface area contributed by atoms with Gasteiger partial charge < -0.3 is 14.8 Å². The van der Waals surface area contributed by atoms with E-state index in [0.717, 1.165) is 4.88 Å². The number of Topliss-reactive ketones (excluding diaryl/α,β-unsaturated/α-hetero) is 1. The average Bonchev–Trinajstić information content (AvgIpc) is 3.19. The minimum absolute atomic E-state index is 0.0405. The van der Waals surface area contributed by atoms with E-state index in [1.54, 1.807) is 42.5 Å². The lowest BCUT2D eigenvalue weighted by molar-refractivity contribution is -0.150. The first kappa shape index (κ1) is 19.7. The monoisotopic (exact) mass is 375 g/mol. The molecule has 2 aromatic rings. The first-order chi connectivity index (χ1) is 12.5. The van der Waals surface area contributed by atoms with Crippen molar-refractivity contribution in [2.45, 2.75) is 26.3 Å². The number of nitrogens with one attached hydrogen (secondary N) is 1. The minimum Gasteiger partial charge on any atom is -0.482 e. The van der Waals surface area contributed by atoms with Crippen molar-refractivity contribution in [2.75, 3.05) is 13.2 Å². The van der Waals surface area contributed by atoms with Crippen molar-refractivity contribution < 1.29 is 23.9 Å². The molecular formula is C19H21NO5S. The topological polar surface area (TPSA) is 81.7 Å². The molecule has 1 N–H and O–H groups in total. The van der Waals surface area contributed by atoms with Crippen LogP contribution >= 0.6 is 11.3 Å². The quantitative estimate of drug-likeness (QED) is 0.538. The van der Waals surface area contributed by atoms with E-state index in [1.807, 2.05) is 24.4 Å². The summed E-state index contributed by atoms with van der Waals surface area (Å²) in [5.74, 6) is -0.525. The van der Waals surface area contributed by atoms with Crippen LogP contribution in [-0.2, 0) is 14.3 Å². The smallest absolute Gasteiger partial charge is 0.344 e. The van der Waals surface area contributed by atoms with E-state index in [9.17, 15) is 14.4 Å². The van der Waals surface area contributed by atoms with Gasteiger partial charge in [0.15, 0.2) is 19.0 Å². The van der Waals surface area contributed by atoms with Crippen molar-refractivity contribution in [1.29, 1.82) is 0 Å². The highest BCUT2D eigenvalue weighted by atomic mass is 32.1. The SMILES string of the molecule is CCC(=O)c1ccc(OCC(=O)OCC(=O)N[C@@H](C)c2cccs2)cc1. The van der Waals surface area contributed by atoms with Crippen LogP contribution in [0, 0.1) is 0 Å². The van der Waals surface area contributed by atoms with Gasteiger partial charge in [-0.3, -0.25) is 9.59 Å². The van der Waals surface area contributed by atoms with Crippen molar-refractivity contribution >= 4 is 29.0 Å². The van der Waals surface area contributed by atoms with Gasteiger partial charge >= 0.3 is 5.97 Å². The molecule has 0 aliphatic rings. The van der Waals surface area contributed by atoms with Crippen molar-refractivity contribution in [1.82, 2.24) is 5.32 Å². The Kier molecular flexibility index (Phi) is 7.35. The molecule has 0 radical (unpaired) electrons. The zero-order valence-electron chi connectivity index (χ0n) is 14.7. The molecule has 0 saturated carbocycles. The van der Waals surface area contributed by atoms with Gasteiger partial charge in [-0.2, -0.15) is 0 Å². The second kappa shape index (κ2) is 9.72. The Morgan fingerprint density at radius 1 is 1.12 bits per heavy atom. The molecular weight excluding hydrogens is 354 g/mol. The number of amides is 1. The summed E-state index contributed by atoms with van der Waals surface area (Å²) in [5, 5.41) is 4.69. The minimum atomic E-state index is -0.641. The third-order valence-corrected chi connectivity index (χ3v) is 4.62. The van der Waals surface area contributed by atoms with Gasteiger partial charge in [-0.05, 0) is 42.6 Å². The van der Waals surface area contributed by atoms with Crippen LogP contribution < -0.4 is 10.1 Å². The molecule has 138 valence electrons. The van der Waals surface area contributed by atoms with Gasteiger partial charge in [0.25, 0.3) is 5.91 Å². The molecule has 0 aliphatic carbocycles. The number of ether oxygens (including phenoxy) is 2. The second-order valence-corrected chi connectivity index (χ2v) is 6.53. The molecule has 1 atom stereocenters. The maximum Gasteiger partial charge on any atom is 0.344 e. The number of hydrogen-bond acceptors (Lipinski definition) is 6. The van der Waals surface area contributed by atoms with Gasteiger partial charge in [0, 0.05) is 16.9 Å². The molecule has 0 bridgehead atoms. The first-order valence-corrected chi connectivity index (χ1v) is 9.12. The fraction of sp³-hybridized carbons (Fsp3) is 0.316. The summed E-state index contributed by atoms with van der Waals surface area (Å²) < 4.78 is 10.2. The summed E-state index contributed by atoms with van der Waals surface area (Å²) in [6, 6.07) is 10.2. The standard InChI is InChI=1S/C19H21NO5S/c1-3-16(21)14-6-8-15(9-7-14)24-12-19(23)25-11-18(22)20-13(2)17-5-4-10-26-17/h4-10,13H,3,11-12H2,1-2H3,(H,20,22)/t13-/m0/s1. The summed E-state index contributed by atoms with van der Waals surface area (Å²) >= 11 is 1.54. The summed E-state index contributed by atoms with van der Waals surface area (Å²) in [7, 11) is 0. The van der Waals surface area contributed by atoms with Gasteiger partial charge in [0.1, 0.15) is 5.75 Å². The van der Waals surface area contributed by atoms with Crippen LogP contribution in [-0.4, -0.2) is 30.9 Å². The number of carbonyl (C=O) groups excluding carboxylic acids is 3. The molecule has 0 unspecified atom stereocenters. The Bertz CT molecular complexity index is 740. The van der Waals surface area contributed by atoms with Crippen LogP contribution in [0.4, 0.5) is 0 Å². The predicted octanol–water partition coefficient (Wildman–Crippen LogP) is 3.14. The summed E-state index contributed by atoms with van der Waals surface area (Å²) in [6.45, 7) is 2.98. The van der Waals surface area contributed by atoms with E-state index in [1.165, 1.54) is 0 Å². The largest absolute Gasteiger partial charge is 0.482 e. The molecule has 1 heterocycles. The molecule has 1 amide bonds. The molecule has 26 heavy (non-hydrogen) atoms. The van der Waals surface area contributed by atoms with Crippen molar-refractivity contribution in [2.24, 2.45) is 0 Å². The predicted molar refractivity (Wildman–Crippen MR) is 98.4 cm³/mol. The van der Waals surface area contributed by atoms with Crippen molar-refractivity contribution in [3.63, 3.8) is 0 Å². The lowest BCUT2D eigenvalue weighted by atomic mass is 10.1. The molecule has 1 aromatic carbocycles. The molecule has 2 rings (SSSR count). The van der Waals surface area contributed by atoms with Crippen LogP contribution in [0.25, 0.3) is 0 Å². The number of carbonyl (C=O) groups is 3. The van der Waals surface area contributed by atoms with Gasteiger partial charge in [0.2, 0.25) is 0 Å².